The topological polar surface area (TPSA) is 29.1 Å². The van der Waals surface area contributed by atoms with Crippen molar-refractivity contribution < 1.29 is 4.79 Å². The second kappa shape index (κ2) is 5.60. The molecular weight excluding hydrogens is 186 g/mol. The largest absolute Gasteiger partial charge is 0.352 e. The number of carbonyl (C=O) groups excluding carboxylic acids is 1. The molecule has 1 aromatic carbocycles. The van der Waals surface area contributed by atoms with Crippen LogP contribution in [0.1, 0.15) is 16.8 Å². The molecule has 0 heterocycles. The Morgan fingerprint density at radius 3 is 2.62 bits per heavy atom. The van der Waals surface area contributed by atoms with Gasteiger partial charge in [-0.2, -0.15) is 0 Å². The van der Waals surface area contributed by atoms with Crippen molar-refractivity contribution in [2.75, 3.05) is 12.4 Å². The fourth-order valence-electron chi connectivity index (χ4n) is 0.960. The van der Waals surface area contributed by atoms with Crippen LogP contribution in [0.3, 0.4) is 0 Å². The number of amides is 1. The normalized spacial score (nSPS) is 9.62. The molecule has 0 bridgehead atoms. The average molecular weight is 198 g/mol. The average Bonchev–Trinajstić information content (AvgIpc) is 2.19. The summed E-state index contributed by atoms with van der Waals surface area (Å²) in [6.45, 7) is 0.636. The molecule has 0 aliphatic carbocycles. The highest BCUT2D eigenvalue weighted by atomic mass is 35.5. The molecule has 1 rings (SSSR count). The molecule has 0 fully saturated rings. The first-order valence-corrected chi connectivity index (χ1v) is 4.77. The number of carbonyl (C=O) groups is 1. The quantitative estimate of drug-likeness (QED) is 0.581. The van der Waals surface area contributed by atoms with Crippen molar-refractivity contribution in [1.82, 2.24) is 5.32 Å². The molecule has 2 nitrogen and oxygen atoms in total. The van der Waals surface area contributed by atoms with E-state index in [1.165, 1.54) is 0 Å². The van der Waals surface area contributed by atoms with Crippen LogP contribution < -0.4 is 5.32 Å². The maximum Gasteiger partial charge on any atom is 0.251 e. The van der Waals surface area contributed by atoms with Crippen molar-refractivity contribution in [3.05, 3.63) is 35.9 Å². The zero-order valence-corrected chi connectivity index (χ0v) is 8.05. The molecule has 0 spiro atoms. The summed E-state index contributed by atoms with van der Waals surface area (Å²) in [7, 11) is 0. The van der Waals surface area contributed by atoms with Gasteiger partial charge in [0.05, 0.1) is 0 Å². The first-order valence-electron chi connectivity index (χ1n) is 4.24. The molecule has 0 saturated carbocycles. The molecule has 0 unspecified atom stereocenters. The second-order valence-electron chi connectivity index (χ2n) is 2.66. The summed E-state index contributed by atoms with van der Waals surface area (Å²) in [5.41, 5.74) is 0.692. The minimum absolute atomic E-state index is 0.0364. The van der Waals surface area contributed by atoms with Gasteiger partial charge in [0.2, 0.25) is 0 Å². The third-order valence-corrected chi connectivity index (χ3v) is 1.90. The van der Waals surface area contributed by atoms with E-state index >= 15 is 0 Å². The number of hydrogen-bond donors (Lipinski definition) is 1. The predicted octanol–water partition coefficient (Wildman–Crippen LogP) is 2.05. The van der Waals surface area contributed by atoms with E-state index < -0.39 is 0 Å². The van der Waals surface area contributed by atoms with Gasteiger partial charge in [0.15, 0.2) is 0 Å². The number of benzene rings is 1. The monoisotopic (exact) mass is 197 g/mol. The maximum absolute atomic E-state index is 11.4. The van der Waals surface area contributed by atoms with Crippen LogP contribution in [0.5, 0.6) is 0 Å². The Labute approximate surface area is 82.9 Å². The van der Waals surface area contributed by atoms with Crippen LogP contribution in [0.25, 0.3) is 0 Å². The van der Waals surface area contributed by atoms with Crippen molar-refractivity contribution in [1.29, 1.82) is 0 Å². The third kappa shape index (κ3) is 3.47. The molecule has 70 valence electrons. The molecule has 0 aliphatic rings. The van der Waals surface area contributed by atoms with Gasteiger partial charge in [-0.1, -0.05) is 18.2 Å². The van der Waals surface area contributed by atoms with Crippen LogP contribution in [0.2, 0.25) is 0 Å². The van der Waals surface area contributed by atoms with Gasteiger partial charge in [-0.3, -0.25) is 4.79 Å². The van der Waals surface area contributed by atoms with E-state index in [9.17, 15) is 4.79 Å². The van der Waals surface area contributed by atoms with Gasteiger partial charge in [-0.15, -0.1) is 11.6 Å². The van der Waals surface area contributed by atoms with Crippen molar-refractivity contribution in [2.45, 2.75) is 6.42 Å². The lowest BCUT2D eigenvalue weighted by Gasteiger charge is -2.02. The Bertz CT molecular complexity index is 261. The highest BCUT2D eigenvalue weighted by Gasteiger charge is 2.01. The smallest absolute Gasteiger partial charge is 0.251 e. The molecule has 1 aromatic rings. The highest BCUT2D eigenvalue weighted by molar-refractivity contribution is 6.17. The highest BCUT2D eigenvalue weighted by Crippen LogP contribution is 1.97. The molecule has 3 heteroatoms. The molecule has 0 aromatic heterocycles. The van der Waals surface area contributed by atoms with Gasteiger partial charge >= 0.3 is 0 Å². The predicted molar refractivity (Wildman–Crippen MR) is 54.1 cm³/mol. The number of nitrogens with one attached hydrogen (secondary N) is 1. The van der Waals surface area contributed by atoms with E-state index in [1.54, 1.807) is 12.1 Å². The van der Waals surface area contributed by atoms with Gasteiger partial charge in [0.1, 0.15) is 0 Å². The summed E-state index contributed by atoms with van der Waals surface area (Å²) in [4.78, 5) is 11.4. The Morgan fingerprint density at radius 1 is 1.31 bits per heavy atom. The van der Waals surface area contributed by atoms with E-state index in [0.29, 0.717) is 18.0 Å². The summed E-state index contributed by atoms with van der Waals surface area (Å²) in [6, 6.07) is 9.15. The van der Waals surface area contributed by atoms with Crippen LogP contribution >= 0.6 is 11.6 Å². The molecule has 1 N–H and O–H groups in total. The Kier molecular flexibility index (Phi) is 4.33. The first-order chi connectivity index (χ1) is 6.34. The van der Waals surface area contributed by atoms with E-state index in [1.807, 2.05) is 18.2 Å². The number of rotatable bonds is 4. The lowest BCUT2D eigenvalue weighted by Crippen LogP contribution is -2.24. The van der Waals surface area contributed by atoms with Gasteiger partial charge in [0, 0.05) is 18.0 Å². The lowest BCUT2D eigenvalue weighted by atomic mass is 10.2. The van der Waals surface area contributed by atoms with Crippen molar-refractivity contribution >= 4 is 17.5 Å². The van der Waals surface area contributed by atoms with E-state index in [0.717, 1.165) is 6.42 Å². The van der Waals surface area contributed by atoms with Crippen LogP contribution in [0.4, 0.5) is 0 Å². The molecule has 13 heavy (non-hydrogen) atoms. The summed E-state index contributed by atoms with van der Waals surface area (Å²) in [5, 5.41) is 2.78. The van der Waals surface area contributed by atoms with E-state index in [-0.39, 0.29) is 5.91 Å². The second-order valence-corrected chi connectivity index (χ2v) is 3.04. The van der Waals surface area contributed by atoms with Crippen LogP contribution in [-0.2, 0) is 0 Å². The van der Waals surface area contributed by atoms with Gasteiger partial charge < -0.3 is 5.32 Å². The summed E-state index contributed by atoms with van der Waals surface area (Å²) in [5.74, 6) is 0.542. The summed E-state index contributed by atoms with van der Waals surface area (Å²) >= 11 is 5.48. The number of alkyl halides is 1. The molecule has 0 aliphatic heterocycles. The lowest BCUT2D eigenvalue weighted by molar-refractivity contribution is 0.0954. The third-order valence-electron chi connectivity index (χ3n) is 1.63. The first kappa shape index (κ1) is 10.1. The van der Waals surface area contributed by atoms with Crippen LogP contribution in [0.15, 0.2) is 30.3 Å². The standard InChI is InChI=1S/C10H12ClNO/c11-7-4-8-12-10(13)9-5-2-1-3-6-9/h1-3,5-6H,4,7-8H2,(H,12,13). The van der Waals surface area contributed by atoms with Gasteiger partial charge in [-0.25, -0.2) is 0 Å². The Balaban J connectivity index is 2.40. The van der Waals surface area contributed by atoms with Crippen LogP contribution in [0, 0.1) is 0 Å². The molecular formula is C10H12ClNO. The maximum atomic E-state index is 11.4. The van der Waals surface area contributed by atoms with E-state index in [4.69, 9.17) is 11.6 Å². The zero-order valence-electron chi connectivity index (χ0n) is 7.29. The van der Waals surface area contributed by atoms with Crippen molar-refractivity contribution in [3.8, 4) is 0 Å². The molecule has 1 amide bonds. The van der Waals surface area contributed by atoms with Gasteiger partial charge in [-0.05, 0) is 18.6 Å². The molecule has 0 saturated heterocycles. The summed E-state index contributed by atoms with van der Waals surface area (Å²) < 4.78 is 0. The Morgan fingerprint density at radius 2 is 2.00 bits per heavy atom. The van der Waals surface area contributed by atoms with Gasteiger partial charge in [0.25, 0.3) is 5.91 Å². The number of hydrogen-bond acceptors (Lipinski definition) is 1. The van der Waals surface area contributed by atoms with Crippen molar-refractivity contribution in [2.24, 2.45) is 0 Å². The van der Waals surface area contributed by atoms with E-state index in [2.05, 4.69) is 5.32 Å². The molecule has 0 atom stereocenters. The SMILES string of the molecule is O=C(NCCCCl)c1ccccc1. The fourth-order valence-corrected chi connectivity index (χ4v) is 1.09. The summed E-state index contributed by atoms with van der Waals surface area (Å²) in [6.07, 6.45) is 0.806. The minimum atomic E-state index is -0.0364. The van der Waals surface area contributed by atoms with Crippen LogP contribution in [-0.4, -0.2) is 18.3 Å². The zero-order chi connectivity index (χ0) is 9.52. The van der Waals surface area contributed by atoms with Crippen molar-refractivity contribution in [3.63, 3.8) is 0 Å². The Hall–Kier alpha value is -1.02. The number of halogens is 1. The minimum Gasteiger partial charge on any atom is -0.352 e. The molecule has 0 radical (unpaired) electrons. The fraction of sp³-hybridized carbons (Fsp3) is 0.300.